The van der Waals surface area contributed by atoms with Gasteiger partial charge in [-0.25, -0.2) is 4.39 Å². The van der Waals surface area contributed by atoms with E-state index in [2.05, 4.69) is 15.3 Å². The normalized spacial score (nSPS) is 17.2. The van der Waals surface area contributed by atoms with E-state index in [9.17, 15) is 9.18 Å². The maximum atomic E-state index is 13.1. The van der Waals surface area contributed by atoms with Gasteiger partial charge in [-0.2, -0.15) is 10.2 Å². The number of H-pyrrole nitrogens is 1. The van der Waals surface area contributed by atoms with Gasteiger partial charge in [0.05, 0.1) is 17.9 Å². The number of rotatable bonds is 3. The number of carbonyl (C=O) groups is 1. The molecule has 3 heterocycles. The fourth-order valence-corrected chi connectivity index (χ4v) is 3.32. The molecule has 3 aromatic rings. The Morgan fingerprint density at radius 2 is 2.12 bits per heavy atom. The summed E-state index contributed by atoms with van der Waals surface area (Å²) in [6.07, 6.45) is 5.65. The highest BCUT2D eigenvalue weighted by Gasteiger charge is 2.32. The van der Waals surface area contributed by atoms with Gasteiger partial charge in [0, 0.05) is 30.9 Å². The number of nitrogens with one attached hydrogen (secondary N) is 1. The molecule has 0 unspecified atom stereocenters. The third kappa shape index (κ3) is 2.93. The molecular formula is C18H18FN5O. The molecule has 1 amide bonds. The van der Waals surface area contributed by atoms with Crippen LogP contribution in [0.2, 0.25) is 0 Å². The molecular weight excluding hydrogens is 321 g/mol. The van der Waals surface area contributed by atoms with E-state index in [-0.39, 0.29) is 17.8 Å². The topological polar surface area (TPSA) is 66.8 Å². The van der Waals surface area contributed by atoms with Crippen molar-refractivity contribution < 1.29 is 9.18 Å². The van der Waals surface area contributed by atoms with E-state index in [1.165, 1.54) is 12.1 Å². The van der Waals surface area contributed by atoms with Gasteiger partial charge in [-0.1, -0.05) is 0 Å². The molecule has 25 heavy (non-hydrogen) atoms. The number of aromatic nitrogens is 4. The van der Waals surface area contributed by atoms with Gasteiger partial charge < -0.3 is 4.90 Å². The first kappa shape index (κ1) is 15.6. The molecule has 0 bridgehead atoms. The lowest BCUT2D eigenvalue weighted by molar-refractivity contribution is 0.0729. The van der Waals surface area contributed by atoms with Crippen molar-refractivity contribution >= 4 is 5.91 Å². The molecule has 1 N–H and O–H groups in total. The van der Waals surface area contributed by atoms with Crippen LogP contribution in [0.4, 0.5) is 4.39 Å². The van der Waals surface area contributed by atoms with Crippen molar-refractivity contribution in [3.63, 3.8) is 0 Å². The van der Waals surface area contributed by atoms with E-state index in [1.807, 2.05) is 24.3 Å². The average Bonchev–Trinajstić information content (AvgIpc) is 3.35. The second-order valence-electron chi connectivity index (χ2n) is 6.28. The molecule has 1 aliphatic heterocycles. The van der Waals surface area contributed by atoms with Gasteiger partial charge in [-0.05, 0) is 43.2 Å². The average molecular weight is 339 g/mol. The van der Waals surface area contributed by atoms with Gasteiger partial charge in [-0.3, -0.25) is 14.6 Å². The first-order valence-corrected chi connectivity index (χ1v) is 8.22. The van der Waals surface area contributed by atoms with Crippen molar-refractivity contribution in [3.05, 3.63) is 59.8 Å². The molecule has 2 aromatic heterocycles. The molecule has 0 radical (unpaired) electrons. The number of halogens is 1. The maximum Gasteiger partial charge on any atom is 0.272 e. The quantitative estimate of drug-likeness (QED) is 0.798. The van der Waals surface area contributed by atoms with E-state index in [0.29, 0.717) is 17.9 Å². The Bertz CT molecular complexity index is 898. The zero-order valence-corrected chi connectivity index (χ0v) is 13.8. The van der Waals surface area contributed by atoms with Crippen LogP contribution >= 0.6 is 0 Å². The summed E-state index contributed by atoms with van der Waals surface area (Å²) in [4.78, 5) is 14.8. The van der Waals surface area contributed by atoms with Gasteiger partial charge in [0.1, 0.15) is 11.5 Å². The Hall–Kier alpha value is -2.96. The van der Waals surface area contributed by atoms with Crippen molar-refractivity contribution in [1.29, 1.82) is 0 Å². The minimum atomic E-state index is -0.299. The van der Waals surface area contributed by atoms with Gasteiger partial charge in [0.25, 0.3) is 5.91 Å². The SMILES string of the molecule is Cn1cc([C@H]2CCCN2C(=O)c2cc(-c3ccc(F)cc3)n[nH]2)cn1. The number of nitrogens with zero attached hydrogens (tertiary/aromatic N) is 4. The summed E-state index contributed by atoms with van der Waals surface area (Å²) in [5, 5.41) is 11.2. The summed E-state index contributed by atoms with van der Waals surface area (Å²) < 4.78 is 14.8. The summed E-state index contributed by atoms with van der Waals surface area (Å²) in [5.41, 5.74) is 2.88. The number of likely N-dealkylation sites (tertiary alicyclic amines) is 1. The van der Waals surface area contributed by atoms with Crippen molar-refractivity contribution in [1.82, 2.24) is 24.9 Å². The van der Waals surface area contributed by atoms with Crippen molar-refractivity contribution in [2.45, 2.75) is 18.9 Å². The smallest absolute Gasteiger partial charge is 0.272 e. The predicted octanol–water partition coefficient (Wildman–Crippen LogP) is 2.93. The van der Waals surface area contributed by atoms with E-state index >= 15 is 0 Å². The largest absolute Gasteiger partial charge is 0.330 e. The van der Waals surface area contributed by atoms with E-state index in [4.69, 9.17) is 0 Å². The third-order valence-corrected chi connectivity index (χ3v) is 4.57. The Morgan fingerprint density at radius 3 is 2.84 bits per heavy atom. The minimum Gasteiger partial charge on any atom is -0.330 e. The van der Waals surface area contributed by atoms with Crippen LogP contribution < -0.4 is 0 Å². The van der Waals surface area contributed by atoms with Gasteiger partial charge in [-0.15, -0.1) is 0 Å². The van der Waals surface area contributed by atoms with Gasteiger partial charge >= 0.3 is 0 Å². The van der Waals surface area contributed by atoms with Crippen LogP contribution in [0, 0.1) is 5.82 Å². The molecule has 1 aliphatic rings. The molecule has 4 rings (SSSR count). The Labute approximate surface area is 144 Å². The van der Waals surface area contributed by atoms with Crippen LogP contribution in [0.3, 0.4) is 0 Å². The Balaban J connectivity index is 1.57. The van der Waals surface area contributed by atoms with E-state index < -0.39 is 0 Å². The lowest BCUT2D eigenvalue weighted by Crippen LogP contribution is -2.30. The Kier molecular flexibility index (Phi) is 3.83. The maximum absolute atomic E-state index is 13.1. The number of hydrogen-bond donors (Lipinski definition) is 1. The highest BCUT2D eigenvalue weighted by atomic mass is 19.1. The van der Waals surface area contributed by atoms with E-state index in [0.717, 1.165) is 24.0 Å². The zero-order chi connectivity index (χ0) is 17.4. The van der Waals surface area contributed by atoms with Crippen LogP contribution in [0.1, 0.15) is 34.9 Å². The molecule has 128 valence electrons. The van der Waals surface area contributed by atoms with Crippen molar-refractivity contribution in [3.8, 4) is 11.3 Å². The molecule has 1 fully saturated rings. The molecule has 0 spiro atoms. The minimum absolute atomic E-state index is 0.0405. The van der Waals surface area contributed by atoms with E-state index in [1.54, 1.807) is 22.9 Å². The standard InChI is InChI=1S/C18H18FN5O/c1-23-11-13(10-20-23)17-3-2-8-24(17)18(25)16-9-15(21-22-16)12-4-6-14(19)7-5-12/h4-7,9-11,17H,2-3,8H2,1H3,(H,21,22)/t17-/m1/s1. The molecule has 6 nitrogen and oxygen atoms in total. The highest BCUT2D eigenvalue weighted by Crippen LogP contribution is 2.33. The highest BCUT2D eigenvalue weighted by molar-refractivity contribution is 5.93. The lowest BCUT2D eigenvalue weighted by atomic mass is 10.1. The monoisotopic (exact) mass is 339 g/mol. The number of aromatic amines is 1. The Morgan fingerprint density at radius 1 is 1.32 bits per heavy atom. The number of carbonyl (C=O) groups excluding carboxylic acids is 1. The third-order valence-electron chi connectivity index (χ3n) is 4.57. The fourth-order valence-electron chi connectivity index (χ4n) is 3.32. The predicted molar refractivity (Wildman–Crippen MR) is 90.2 cm³/mol. The van der Waals surface area contributed by atoms with Gasteiger partial charge in [0.2, 0.25) is 0 Å². The molecule has 0 saturated carbocycles. The fraction of sp³-hybridized carbons (Fsp3) is 0.278. The number of aryl methyl sites for hydroxylation is 1. The molecule has 1 atom stereocenters. The number of benzene rings is 1. The van der Waals surface area contributed by atoms with Crippen molar-refractivity contribution in [2.24, 2.45) is 7.05 Å². The number of amides is 1. The van der Waals surface area contributed by atoms with Crippen LogP contribution in [0.25, 0.3) is 11.3 Å². The van der Waals surface area contributed by atoms with Crippen LogP contribution in [-0.4, -0.2) is 37.3 Å². The molecule has 0 aliphatic carbocycles. The van der Waals surface area contributed by atoms with Crippen LogP contribution in [0.15, 0.2) is 42.7 Å². The summed E-state index contributed by atoms with van der Waals surface area (Å²) >= 11 is 0. The molecule has 1 aromatic carbocycles. The second kappa shape index (κ2) is 6.16. The lowest BCUT2D eigenvalue weighted by Gasteiger charge is -2.23. The summed E-state index contributed by atoms with van der Waals surface area (Å²) in [5.74, 6) is -0.376. The number of hydrogen-bond acceptors (Lipinski definition) is 3. The van der Waals surface area contributed by atoms with Crippen LogP contribution in [-0.2, 0) is 7.05 Å². The van der Waals surface area contributed by atoms with Crippen molar-refractivity contribution in [2.75, 3.05) is 6.54 Å². The molecule has 7 heteroatoms. The zero-order valence-electron chi connectivity index (χ0n) is 13.8. The summed E-state index contributed by atoms with van der Waals surface area (Å²) in [7, 11) is 1.87. The molecule has 1 saturated heterocycles. The second-order valence-corrected chi connectivity index (χ2v) is 6.28. The first-order valence-electron chi connectivity index (χ1n) is 8.22. The summed E-state index contributed by atoms with van der Waals surface area (Å²) in [6, 6.07) is 7.81. The summed E-state index contributed by atoms with van der Waals surface area (Å²) in [6.45, 7) is 0.712. The van der Waals surface area contributed by atoms with Crippen LogP contribution in [0.5, 0.6) is 0 Å². The first-order chi connectivity index (χ1) is 12.1. The van der Waals surface area contributed by atoms with Gasteiger partial charge in [0.15, 0.2) is 0 Å².